The first kappa shape index (κ1) is 21.8. The lowest BCUT2D eigenvalue weighted by atomic mass is 9.97. The van der Waals surface area contributed by atoms with E-state index in [1.54, 1.807) is 20.8 Å². The van der Waals surface area contributed by atoms with Gasteiger partial charge in [0.2, 0.25) is 0 Å². The highest BCUT2D eigenvalue weighted by molar-refractivity contribution is 5.69. The molecule has 0 atom stereocenters. The van der Waals surface area contributed by atoms with Crippen molar-refractivity contribution < 1.29 is 32.2 Å². The molecule has 30 heavy (non-hydrogen) atoms. The first-order valence-electron chi connectivity index (χ1n) is 9.58. The first-order chi connectivity index (χ1) is 14.1. The molecule has 1 amide bonds. The maximum atomic E-state index is 14.8. The summed E-state index contributed by atoms with van der Waals surface area (Å²) < 4.78 is 55.9. The number of rotatable bonds is 5. The van der Waals surface area contributed by atoms with Crippen LogP contribution >= 0.6 is 0 Å². The highest BCUT2D eigenvalue weighted by Crippen LogP contribution is 2.37. The monoisotopic (exact) mass is 423 g/mol. The van der Waals surface area contributed by atoms with Crippen molar-refractivity contribution in [2.75, 3.05) is 6.54 Å². The summed E-state index contributed by atoms with van der Waals surface area (Å²) in [6.45, 7) is 2.48. The summed E-state index contributed by atoms with van der Waals surface area (Å²) in [5, 5.41) is 0. The Hall–Kier alpha value is -2.90. The van der Waals surface area contributed by atoms with Crippen LogP contribution < -0.4 is 9.47 Å². The van der Waals surface area contributed by atoms with Gasteiger partial charge >= 0.3 is 12.7 Å². The second-order valence-corrected chi connectivity index (χ2v) is 7.95. The molecular weight excluding hydrogens is 399 g/mol. The third kappa shape index (κ3) is 5.37. The van der Waals surface area contributed by atoms with Crippen LogP contribution in [0.1, 0.15) is 37.5 Å². The third-order valence-corrected chi connectivity index (χ3v) is 4.49. The molecule has 0 saturated carbocycles. The number of nitrogens with zero attached hydrogens (tertiary/aromatic N) is 1. The van der Waals surface area contributed by atoms with E-state index in [4.69, 9.17) is 9.47 Å². The van der Waals surface area contributed by atoms with Gasteiger partial charge in [-0.2, -0.15) is 8.78 Å². The minimum Gasteiger partial charge on any atom is -0.488 e. The average Bonchev–Trinajstić information content (AvgIpc) is 2.68. The second kappa shape index (κ2) is 8.85. The van der Waals surface area contributed by atoms with Crippen molar-refractivity contribution in [2.45, 2.75) is 52.6 Å². The summed E-state index contributed by atoms with van der Waals surface area (Å²) in [5.41, 5.74) is 0.800. The Morgan fingerprint density at radius 3 is 2.47 bits per heavy atom. The topological polar surface area (TPSA) is 48.0 Å². The fourth-order valence-corrected chi connectivity index (χ4v) is 3.18. The summed E-state index contributed by atoms with van der Waals surface area (Å²) in [5.74, 6) is -1.24. The number of amides is 1. The Bertz CT molecular complexity index is 897. The van der Waals surface area contributed by atoms with Crippen LogP contribution in [0.25, 0.3) is 0 Å². The van der Waals surface area contributed by atoms with Gasteiger partial charge in [-0.1, -0.05) is 30.3 Å². The number of fused-ring (bicyclic) bond motifs is 1. The fraction of sp³-hybridized carbons (Fsp3) is 0.409. The molecule has 3 rings (SSSR count). The Morgan fingerprint density at radius 1 is 1.13 bits per heavy atom. The van der Waals surface area contributed by atoms with E-state index in [9.17, 15) is 18.0 Å². The molecule has 0 unspecified atom stereocenters. The van der Waals surface area contributed by atoms with Crippen LogP contribution in [0.2, 0.25) is 0 Å². The zero-order valence-electron chi connectivity index (χ0n) is 17.1. The van der Waals surface area contributed by atoms with Crippen LogP contribution in [0.4, 0.5) is 18.0 Å². The second-order valence-electron chi connectivity index (χ2n) is 7.95. The summed E-state index contributed by atoms with van der Waals surface area (Å²) in [7, 11) is 0. The zero-order valence-corrected chi connectivity index (χ0v) is 17.1. The minimum atomic E-state index is -3.17. The zero-order chi connectivity index (χ0) is 21.9. The molecule has 0 saturated heterocycles. The van der Waals surface area contributed by atoms with Crippen molar-refractivity contribution in [3.05, 3.63) is 58.9 Å². The molecule has 0 fully saturated rings. The minimum absolute atomic E-state index is 0.0419. The average molecular weight is 423 g/mol. The van der Waals surface area contributed by atoms with Crippen molar-refractivity contribution in [3.8, 4) is 11.5 Å². The standard InChI is InChI=1S/C22H24F3NO4/c1-22(2,3)30-21(27)26-10-9-15-16(12-26)17(11-18(19(15)23)29-20(24)25)28-13-14-7-5-4-6-8-14/h4-8,11,20H,9-10,12-13H2,1-3H3. The number of carbonyl (C=O) groups excluding carboxylic acids is 1. The summed E-state index contributed by atoms with van der Waals surface area (Å²) in [4.78, 5) is 13.9. The predicted octanol–water partition coefficient (Wildman–Crippen LogP) is 5.30. The Balaban J connectivity index is 1.91. The molecule has 2 aromatic rings. The van der Waals surface area contributed by atoms with Crippen molar-refractivity contribution >= 4 is 6.09 Å². The first-order valence-corrected chi connectivity index (χ1v) is 9.58. The number of benzene rings is 2. The van der Waals surface area contributed by atoms with E-state index in [0.29, 0.717) is 5.56 Å². The number of hydrogen-bond donors (Lipinski definition) is 0. The molecule has 2 aromatic carbocycles. The predicted molar refractivity (Wildman–Crippen MR) is 104 cm³/mol. The van der Waals surface area contributed by atoms with Crippen LogP contribution in [0, 0.1) is 5.82 Å². The largest absolute Gasteiger partial charge is 0.488 e. The molecule has 0 N–H and O–H groups in total. The molecule has 1 aliphatic rings. The maximum absolute atomic E-state index is 14.8. The van der Waals surface area contributed by atoms with Gasteiger partial charge in [0, 0.05) is 23.7 Å². The number of hydrogen-bond acceptors (Lipinski definition) is 4. The summed E-state index contributed by atoms with van der Waals surface area (Å²) >= 11 is 0. The van der Waals surface area contributed by atoms with Gasteiger partial charge in [0.15, 0.2) is 11.6 Å². The van der Waals surface area contributed by atoms with Crippen LogP contribution in [0.5, 0.6) is 11.5 Å². The molecule has 0 spiro atoms. The van der Waals surface area contributed by atoms with E-state index in [0.717, 1.165) is 11.6 Å². The number of carbonyl (C=O) groups is 1. The molecule has 0 aliphatic carbocycles. The molecule has 5 nitrogen and oxygen atoms in total. The van der Waals surface area contributed by atoms with Gasteiger partial charge in [-0.05, 0) is 32.8 Å². The quantitative estimate of drug-likeness (QED) is 0.655. The SMILES string of the molecule is CC(C)(C)OC(=O)N1CCc2c(F)c(OC(F)F)cc(OCc3ccccc3)c2C1. The van der Waals surface area contributed by atoms with Crippen molar-refractivity contribution in [2.24, 2.45) is 0 Å². The van der Waals surface area contributed by atoms with Gasteiger partial charge in [-0.15, -0.1) is 0 Å². The highest BCUT2D eigenvalue weighted by atomic mass is 19.3. The molecule has 0 bridgehead atoms. The summed E-state index contributed by atoms with van der Waals surface area (Å²) in [6, 6.07) is 10.3. The fourth-order valence-electron chi connectivity index (χ4n) is 3.18. The van der Waals surface area contributed by atoms with Crippen LogP contribution in [-0.4, -0.2) is 29.8 Å². The highest BCUT2D eigenvalue weighted by Gasteiger charge is 2.31. The van der Waals surface area contributed by atoms with Gasteiger partial charge in [0.1, 0.15) is 18.0 Å². The molecule has 1 heterocycles. The van der Waals surface area contributed by atoms with Crippen LogP contribution in [0.3, 0.4) is 0 Å². The van der Waals surface area contributed by atoms with Crippen LogP contribution in [0.15, 0.2) is 36.4 Å². The van der Waals surface area contributed by atoms with Crippen LogP contribution in [-0.2, 0) is 24.3 Å². The molecule has 162 valence electrons. The Morgan fingerprint density at radius 2 is 1.83 bits per heavy atom. The normalized spacial score (nSPS) is 13.8. The smallest absolute Gasteiger partial charge is 0.410 e. The maximum Gasteiger partial charge on any atom is 0.410 e. The van der Waals surface area contributed by atoms with Gasteiger partial charge in [0.05, 0.1) is 6.54 Å². The lowest BCUT2D eigenvalue weighted by Gasteiger charge is -2.32. The number of halogens is 3. The molecule has 8 heteroatoms. The van der Waals surface area contributed by atoms with E-state index in [2.05, 4.69) is 4.74 Å². The van der Waals surface area contributed by atoms with Gasteiger partial charge in [-0.3, -0.25) is 0 Å². The van der Waals surface area contributed by atoms with Gasteiger partial charge in [-0.25, -0.2) is 9.18 Å². The third-order valence-electron chi connectivity index (χ3n) is 4.49. The van der Waals surface area contributed by atoms with Gasteiger partial charge < -0.3 is 19.1 Å². The Labute approximate surface area is 173 Å². The van der Waals surface area contributed by atoms with E-state index in [-0.39, 0.29) is 37.4 Å². The number of alkyl halides is 2. The Kier molecular flexibility index (Phi) is 6.43. The molecule has 1 aliphatic heterocycles. The van der Waals surface area contributed by atoms with E-state index in [1.165, 1.54) is 4.90 Å². The molecular formula is C22H24F3NO4. The van der Waals surface area contributed by atoms with E-state index >= 15 is 0 Å². The van der Waals surface area contributed by atoms with Crippen molar-refractivity contribution in [1.82, 2.24) is 4.90 Å². The van der Waals surface area contributed by atoms with E-state index in [1.807, 2.05) is 30.3 Å². The molecule has 0 radical (unpaired) electrons. The lowest BCUT2D eigenvalue weighted by molar-refractivity contribution is -0.0524. The molecule has 0 aromatic heterocycles. The lowest BCUT2D eigenvalue weighted by Crippen LogP contribution is -2.40. The van der Waals surface area contributed by atoms with Crippen molar-refractivity contribution in [1.29, 1.82) is 0 Å². The van der Waals surface area contributed by atoms with E-state index < -0.39 is 29.9 Å². The summed E-state index contributed by atoms with van der Waals surface area (Å²) in [6.07, 6.45) is -0.404. The number of ether oxygens (including phenoxy) is 3. The van der Waals surface area contributed by atoms with Gasteiger partial charge in [0.25, 0.3) is 0 Å². The van der Waals surface area contributed by atoms with Crippen molar-refractivity contribution in [3.63, 3.8) is 0 Å².